The van der Waals surface area contributed by atoms with Crippen LogP contribution >= 0.6 is 0 Å². The number of carbonyl (C=O) groups is 2. The summed E-state index contributed by atoms with van der Waals surface area (Å²) in [6.07, 6.45) is 1.51. The molecule has 1 aliphatic rings. The van der Waals surface area contributed by atoms with Crippen molar-refractivity contribution in [2.45, 2.75) is 32.7 Å². The van der Waals surface area contributed by atoms with Crippen molar-refractivity contribution in [2.24, 2.45) is 0 Å². The van der Waals surface area contributed by atoms with Crippen LogP contribution in [0.3, 0.4) is 0 Å². The van der Waals surface area contributed by atoms with Crippen molar-refractivity contribution in [3.8, 4) is 11.5 Å². The van der Waals surface area contributed by atoms with E-state index >= 15 is 0 Å². The van der Waals surface area contributed by atoms with Gasteiger partial charge in [-0.15, -0.1) is 0 Å². The summed E-state index contributed by atoms with van der Waals surface area (Å²) < 4.78 is 10.9. The molecule has 5 heteroatoms. The lowest BCUT2D eigenvalue weighted by Gasteiger charge is -2.24. The van der Waals surface area contributed by atoms with Gasteiger partial charge in [0.1, 0.15) is 0 Å². The average molecular weight is 367 g/mol. The predicted octanol–water partition coefficient (Wildman–Crippen LogP) is 3.56. The van der Waals surface area contributed by atoms with Crippen LogP contribution in [-0.2, 0) is 4.79 Å². The summed E-state index contributed by atoms with van der Waals surface area (Å²) in [5, 5.41) is 0. The highest BCUT2D eigenvalue weighted by molar-refractivity contribution is 6.03. The standard InChI is InChI=1S/C22H25NO4/c1-15-10-11-16(2)17(13-15)22(25)18-7-6-12-23(18)21(24)14-27-20-9-5-4-8-19(20)26-3/h4-5,8-11,13,18H,6-7,12,14H2,1-3H3. The summed E-state index contributed by atoms with van der Waals surface area (Å²) in [5.74, 6) is 0.932. The molecule has 0 bridgehead atoms. The Morgan fingerprint density at radius 1 is 1.11 bits per heavy atom. The number of Topliss-reactive ketones (excluding diaryl/α,β-unsaturated/α-hetero) is 1. The number of para-hydroxylation sites is 2. The summed E-state index contributed by atoms with van der Waals surface area (Å²) in [6, 6.07) is 12.6. The zero-order valence-electron chi connectivity index (χ0n) is 16.0. The van der Waals surface area contributed by atoms with Gasteiger partial charge in [-0.2, -0.15) is 0 Å². The number of aryl methyl sites for hydroxylation is 2. The quantitative estimate of drug-likeness (QED) is 0.733. The van der Waals surface area contributed by atoms with Crippen LogP contribution in [0.25, 0.3) is 0 Å². The highest BCUT2D eigenvalue weighted by Gasteiger charge is 2.35. The molecule has 1 aliphatic heterocycles. The van der Waals surface area contributed by atoms with Crippen molar-refractivity contribution in [3.63, 3.8) is 0 Å². The Balaban J connectivity index is 1.71. The number of ketones is 1. The first kappa shape index (κ1) is 19.0. The molecule has 1 fully saturated rings. The van der Waals surface area contributed by atoms with E-state index in [2.05, 4.69) is 0 Å². The zero-order valence-corrected chi connectivity index (χ0v) is 16.0. The van der Waals surface area contributed by atoms with Gasteiger partial charge in [0.25, 0.3) is 5.91 Å². The highest BCUT2D eigenvalue weighted by atomic mass is 16.5. The molecule has 1 saturated heterocycles. The van der Waals surface area contributed by atoms with Gasteiger partial charge in [0, 0.05) is 12.1 Å². The Labute approximate surface area is 159 Å². The van der Waals surface area contributed by atoms with E-state index in [0.29, 0.717) is 30.0 Å². The van der Waals surface area contributed by atoms with E-state index in [1.165, 1.54) is 0 Å². The third-order valence-corrected chi connectivity index (χ3v) is 4.95. The molecule has 1 unspecified atom stereocenters. The lowest BCUT2D eigenvalue weighted by atomic mass is 9.96. The molecule has 0 aliphatic carbocycles. The minimum atomic E-state index is -0.417. The highest BCUT2D eigenvalue weighted by Crippen LogP contribution is 2.27. The Bertz CT molecular complexity index is 846. The maximum Gasteiger partial charge on any atom is 0.261 e. The maximum atomic E-state index is 13.1. The van der Waals surface area contributed by atoms with Gasteiger partial charge < -0.3 is 14.4 Å². The van der Waals surface area contributed by atoms with Crippen LogP contribution in [0.4, 0.5) is 0 Å². The molecule has 3 rings (SSSR count). The van der Waals surface area contributed by atoms with Crippen LogP contribution in [-0.4, -0.2) is 42.9 Å². The van der Waals surface area contributed by atoms with Gasteiger partial charge in [0.15, 0.2) is 23.9 Å². The summed E-state index contributed by atoms with van der Waals surface area (Å²) in [7, 11) is 1.56. The number of rotatable bonds is 6. The first-order valence-corrected chi connectivity index (χ1v) is 9.18. The largest absolute Gasteiger partial charge is 0.493 e. The lowest BCUT2D eigenvalue weighted by Crippen LogP contribution is -2.43. The normalized spacial score (nSPS) is 16.3. The number of ether oxygens (including phenoxy) is 2. The minimum absolute atomic E-state index is 0.0133. The number of amides is 1. The molecule has 2 aromatic carbocycles. The molecule has 1 atom stereocenters. The summed E-state index contributed by atoms with van der Waals surface area (Å²) in [4.78, 5) is 27.4. The molecular formula is C22H25NO4. The monoisotopic (exact) mass is 367 g/mol. The Morgan fingerprint density at radius 2 is 1.85 bits per heavy atom. The molecule has 0 radical (unpaired) electrons. The van der Waals surface area contributed by atoms with Gasteiger partial charge in [0.2, 0.25) is 0 Å². The first-order chi connectivity index (χ1) is 13.0. The molecule has 0 N–H and O–H groups in total. The molecule has 2 aromatic rings. The SMILES string of the molecule is COc1ccccc1OCC(=O)N1CCCC1C(=O)c1cc(C)ccc1C. The maximum absolute atomic E-state index is 13.1. The fraction of sp³-hybridized carbons (Fsp3) is 0.364. The Hall–Kier alpha value is -2.82. The topological polar surface area (TPSA) is 55.8 Å². The molecule has 0 spiro atoms. The van der Waals surface area contributed by atoms with Crippen LogP contribution in [0.1, 0.15) is 34.3 Å². The fourth-order valence-corrected chi connectivity index (χ4v) is 3.48. The lowest BCUT2D eigenvalue weighted by molar-refractivity contribution is -0.133. The van der Waals surface area contributed by atoms with E-state index in [9.17, 15) is 9.59 Å². The molecule has 5 nitrogen and oxygen atoms in total. The molecule has 0 saturated carbocycles. The van der Waals surface area contributed by atoms with E-state index < -0.39 is 6.04 Å². The third-order valence-electron chi connectivity index (χ3n) is 4.95. The summed E-state index contributed by atoms with van der Waals surface area (Å²) >= 11 is 0. The van der Waals surface area contributed by atoms with E-state index in [1.54, 1.807) is 24.1 Å². The van der Waals surface area contributed by atoms with Gasteiger partial charge in [0.05, 0.1) is 13.2 Å². The molecule has 27 heavy (non-hydrogen) atoms. The minimum Gasteiger partial charge on any atom is -0.493 e. The van der Waals surface area contributed by atoms with E-state index in [4.69, 9.17) is 9.47 Å². The Morgan fingerprint density at radius 3 is 2.59 bits per heavy atom. The number of likely N-dealkylation sites (tertiary alicyclic amines) is 1. The second-order valence-corrected chi connectivity index (χ2v) is 6.87. The zero-order chi connectivity index (χ0) is 19.4. The van der Waals surface area contributed by atoms with Crippen LogP contribution in [0.15, 0.2) is 42.5 Å². The van der Waals surface area contributed by atoms with Crippen molar-refractivity contribution < 1.29 is 19.1 Å². The van der Waals surface area contributed by atoms with Gasteiger partial charge in [-0.25, -0.2) is 0 Å². The third kappa shape index (κ3) is 4.13. The van der Waals surface area contributed by atoms with Gasteiger partial charge in [-0.1, -0.05) is 29.8 Å². The fourth-order valence-electron chi connectivity index (χ4n) is 3.48. The molecule has 1 heterocycles. The second kappa shape index (κ2) is 8.25. The molecule has 142 valence electrons. The number of hydrogen-bond acceptors (Lipinski definition) is 4. The molecule has 1 amide bonds. The first-order valence-electron chi connectivity index (χ1n) is 9.18. The van der Waals surface area contributed by atoms with Crippen LogP contribution in [0.5, 0.6) is 11.5 Å². The number of nitrogens with zero attached hydrogens (tertiary/aromatic N) is 1. The Kier molecular flexibility index (Phi) is 5.79. The van der Waals surface area contributed by atoms with Crippen molar-refractivity contribution in [1.82, 2.24) is 4.90 Å². The van der Waals surface area contributed by atoms with Gasteiger partial charge in [-0.05, 0) is 50.5 Å². The van der Waals surface area contributed by atoms with Crippen LogP contribution in [0, 0.1) is 13.8 Å². The van der Waals surface area contributed by atoms with Gasteiger partial charge >= 0.3 is 0 Å². The van der Waals surface area contributed by atoms with Gasteiger partial charge in [-0.3, -0.25) is 9.59 Å². The predicted molar refractivity (Wildman–Crippen MR) is 103 cm³/mol. The number of benzene rings is 2. The van der Waals surface area contributed by atoms with Crippen LogP contribution in [0.2, 0.25) is 0 Å². The van der Waals surface area contributed by atoms with Crippen molar-refractivity contribution >= 4 is 11.7 Å². The summed E-state index contributed by atoms with van der Waals surface area (Å²) in [6.45, 7) is 4.36. The average Bonchev–Trinajstić information content (AvgIpc) is 3.17. The summed E-state index contributed by atoms with van der Waals surface area (Å²) in [5.41, 5.74) is 2.68. The number of carbonyl (C=O) groups excluding carboxylic acids is 2. The second-order valence-electron chi connectivity index (χ2n) is 6.87. The van der Waals surface area contributed by atoms with Crippen molar-refractivity contribution in [2.75, 3.05) is 20.3 Å². The van der Waals surface area contributed by atoms with E-state index in [0.717, 1.165) is 17.5 Å². The number of hydrogen-bond donors (Lipinski definition) is 0. The number of methoxy groups -OCH3 is 1. The molecule has 0 aromatic heterocycles. The molecular weight excluding hydrogens is 342 g/mol. The smallest absolute Gasteiger partial charge is 0.261 e. The van der Waals surface area contributed by atoms with E-state index in [-0.39, 0.29) is 18.3 Å². The van der Waals surface area contributed by atoms with E-state index in [1.807, 2.05) is 44.2 Å². The van der Waals surface area contributed by atoms with Crippen molar-refractivity contribution in [1.29, 1.82) is 0 Å². The van der Waals surface area contributed by atoms with Crippen LogP contribution < -0.4 is 9.47 Å². The van der Waals surface area contributed by atoms with Crippen molar-refractivity contribution in [3.05, 3.63) is 59.2 Å².